The molecular formula is C13H21NOS. The maximum Gasteiger partial charge on any atom is 0.0541 e. The molecule has 1 fully saturated rings. The molecule has 0 atom stereocenters. The number of aryl methyl sites for hydroxylation is 1. The molecule has 1 heterocycles. The molecule has 0 bridgehead atoms. The van der Waals surface area contributed by atoms with Crippen molar-refractivity contribution in [3.63, 3.8) is 0 Å². The Kier molecular flexibility index (Phi) is 4.00. The lowest BCUT2D eigenvalue weighted by Crippen LogP contribution is -2.35. The van der Waals surface area contributed by atoms with Gasteiger partial charge in [-0.05, 0) is 56.7 Å². The van der Waals surface area contributed by atoms with Crippen molar-refractivity contribution in [3.8, 4) is 0 Å². The molecule has 0 saturated heterocycles. The van der Waals surface area contributed by atoms with E-state index in [9.17, 15) is 5.11 Å². The van der Waals surface area contributed by atoms with E-state index in [-0.39, 0.29) is 6.10 Å². The minimum Gasteiger partial charge on any atom is -0.393 e. The molecule has 3 heteroatoms. The molecule has 1 aliphatic carbocycles. The molecule has 0 aliphatic heterocycles. The Morgan fingerprint density at radius 2 is 2.06 bits per heavy atom. The quantitative estimate of drug-likeness (QED) is 0.876. The van der Waals surface area contributed by atoms with Crippen molar-refractivity contribution in [2.75, 3.05) is 7.05 Å². The van der Waals surface area contributed by atoms with E-state index in [4.69, 9.17) is 0 Å². The summed E-state index contributed by atoms with van der Waals surface area (Å²) in [6, 6.07) is 2.85. The van der Waals surface area contributed by atoms with Gasteiger partial charge in [-0.2, -0.15) is 0 Å². The molecule has 1 aliphatic rings. The fourth-order valence-corrected chi connectivity index (χ4v) is 3.39. The van der Waals surface area contributed by atoms with Gasteiger partial charge in [0.2, 0.25) is 0 Å². The molecule has 1 aromatic heterocycles. The van der Waals surface area contributed by atoms with Crippen molar-refractivity contribution < 1.29 is 5.11 Å². The van der Waals surface area contributed by atoms with E-state index in [2.05, 4.69) is 30.3 Å². The number of hydrogen-bond donors (Lipinski definition) is 1. The van der Waals surface area contributed by atoms with Crippen LogP contribution >= 0.6 is 11.3 Å². The van der Waals surface area contributed by atoms with E-state index in [0.29, 0.717) is 6.04 Å². The van der Waals surface area contributed by atoms with Gasteiger partial charge in [-0.15, -0.1) is 11.3 Å². The lowest BCUT2D eigenvalue weighted by molar-refractivity contribution is 0.0821. The molecule has 0 unspecified atom stereocenters. The highest BCUT2D eigenvalue weighted by Crippen LogP contribution is 2.25. The molecule has 0 spiro atoms. The average molecular weight is 239 g/mol. The molecule has 1 saturated carbocycles. The summed E-state index contributed by atoms with van der Waals surface area (Å²) in [6.07, 6.45) is 4.18. The summed E-state index contributed by atoms with van der Waals surface area (Å²) >= 11 is 1.85. The van der Waals surface area contributed by atoms with Gasteiger partial charge >= 0.3 is 0 Å². The van der Waals surface area contributed by atoms with Crippen LogP contribution in [0.3, 0.4) is 0 Å². The normalized spacial score (nSPS) is 26.2. The zero-order valence-electron chi connectivity index (χ0n) is 10.1. The minimum absolute atomic E-state index is 0.0480. The SMILES string of the molecule is Cc1ccsc1CN(C)C1CCC(O)CC1. The fraction of sp³-hybridized carbons (Fsp3) is 0.692. The highest BCUT2D eigenvalue weighted by atomic mass is 32.1. The monoisotopic (exact) mass is 239 g/mol. The Hall–Kier alpha value is -0.380. The molecule has 90 valence electrons. The second-order valence-corrected chi connectivity index (χ2v) is 5.90. The van der Waals surface area contributed by atoms with Gasteiger partial charge < -0.3 is 5.11 Å². The molecule has 1 aromatic rings. The first-order chi connectivity index (χ1) is 7.66. The number of hydrogen-bond acceptors (Lipinski definition) is 3. The van der Waals surface area contributed by atoms with Gasteiger partial charge in [-0.25, -0.2) is 0 Å². The van der Waals surface area contributed by atoms with Crippen molar-refractivity contribution >= 4 is 11.3 Å². The predicted octanol–water partition coefficient (Wildman–Crippen LogP) is 2.79. The molecule has 0 amide bonds. The van der Waals surface area contributed by atoms with Crippen LogP contribution in [0.2, 0.25) is 0 Å². The summed E-state index contributed by atoms with van der Waals surface area (Å²) in [7, 11) is 2.21. The van der Waals surface area contributed by atoms with Crippen LogP contribution in [0, 0.1) is 6.92 Å². The van der Waals surface area contributed by atoms with Crippen molar-refractivity contribution in [2.45, 2.75) is 51.3 Å². The van der Waals surface area contributed by atoms with Crippen molar-refractivity contribution in [2.24, 2.45) is 0 Å². The second kappa shape index (κ2) is 5.30. The first-order valence-corrected chi connectivity index (χ1v) is 6.96. The second-order valence-electron chi connectivity index (χ2n) is 4.90. The van der Waals surface area contributed by atoms with Gasteiger partial charge in [0.1, 0.15) is 0 Å². The average Bonchev–Trinajstić information content (AvgIpc) is 2.65. The Bertz CT molecular complexity index is 328. The van der Waals surface area contributed by atoms with Crippen LogP contribution in [-0.2, 0) is 6.54 Å². The maximum atomic E-state index is 9.49. The first-order valence-electron chi connectivity index (χ1n) is 6.08. The van der Waals surface area contributed by atoms with E-state index < -0.39 is 0 Å². The third-order valence-electron chi connectivity index (χ3n) is 3.65. The molecule has 0 aromatic carbocycles. The summed E-state index contributed by atoms with van der Waals surface area (Å²) in [5, 5.41) is 11.7. The Morgan fingerprint density at radius 3 is 2.62 bits per heavy atom. The molecular weight excluding hydrogens is 218 g/mol. The molecule has 2 rings (SSSR count). The van der Waals surface area contributed by atoms with Gasteiger partial charge in [0.15, 0.2) is 0 Å². The van der Waals surface area contributed by atoms with E-state index in [0.717, 1.165) is 32.2 Å². The maximum absolute atomic E-state index is 9.49. The smallest absolute Gasteiger partial charge is 0.0541 e. The van der Waals surface area contributed by atoms with Crippen LogP contribution in [0.15, 0.2) is 11.4 Å². The number of aliphatic hydroxyl groups is 1. The van der Waals surface area contributed by atoms with Crippen LogP contribution in [-0.4, -0.2) is 29.2 Å². The molecule has 16 heavy (non-hydrogen) atoms. The summed E-state index contributed by atoms with van der Waals surface area (Å²) < 4.78 is 0. The van der Waals surface area contributed by atoms with Crippen molar-refractivity contribution in [1.29, 1.82) is 0 Å². The van der Waals surface area contributed by atoms with Gasteiger partial charge in [-0.3, -0.25) is 4.90 Å². The van der Waals surface area contributed by atoms with Gasteiger partial charge in [0.05, 0.1) is 6.10 Å². The Labute approximate surface area is 102 Å². The predicted molar refractivity (Wildman–Crippen MR) is 68.8 cm³/mol. The van der Waals surface area contributed by atoms with Crippen molar-refractivity contribution in [3.05, 3.63) is 21.9 Å². The van der Waals surface area contributed by atoms with Crippen LogP contribution < -0.4 is 0 Å². The number of thiophene rings is 1. The van der Waals surface area contributed by atoms with Gasteiger partial charge in [0, 0.05) is 17.5 Å². The fourth-order valence-electron chi connectivity index (χ4n) is 2.42. The van der Waals surface area contributed by atoms with Gasteiger partial charge in [0.25, 0.3) is 0 Å². The van der Waals surface area contributed by atoms with E-state index in [1.165, 1.54) is 10.4 Å². The molecule has 0 radical (unpaired) electrons. The van der Waals surface area contributed by atoms with E-state index in [1.54, 1.807) is 0 Å². The number of aliphatic hydroxyl groups excluding tert-OH is 1. The lowest BCUT2D eigenvalue weighted by Gasteiger charge is -2.32. The third kappa shape index (κ3) is 2.84. The van der Waals surface area contributed by atoms with Crippen LogP contribution in [0.5, 0.6) is 0 Å². The zero-order valence-corrected chi connectivity index (χ0v) is 11.0. The highest BCUT2D eigenvalue weighted by molar-refractivity contribution is 7.10. The van der Waals surface area contributed by atoms with Crippen LogP contribution in [0.4, 0.5) is 0 Å². The molecule has 2 nitrogen and oxygen atoms in total. The largest absolute Gasteiger partial charge is 0.393 e. The molecule has 1 N–H and O–H groups in total. The summed E-state index contributed by atoms with van der Waals surface area (Å²) in [5.41, 5.74) is 1.41. The summed E-state index contributed by atoms with van der Waals surface area (Å²) in [5.74, 6) is 0. The number of rotatable bonds is 3. The summed E-state index contributed by atoms with van der Waals surface area (Å²) in [4.78, 5) is 3.93. The highest BCUT2D eigenvalue weighted by Gasteiger charge is 2.22. The Balaban J connectivity index is 1.88. The van der Waals surface area contributed by atoms with E-state index in [1.807, 2.05) is 11.3 Å². The summed E-state index contributed by atoms with van der Waals surface area (Å²) in [6.45, 7) is 3.24. The van der Waals surface area contributed by atoms with Crippen LogP contribution in [0.25, 0.3) is 0 Å². The third-order valence-corrected chi connectivity index (χ3v) is 4.66. The van der Waals surface area contributed by atoms with Crippen LogP contribution in [0.1, 0.15) is 36.1 Å². The topological polar surface area (TPSA) is 23.5 Å². The van der Waals surface area contributed by atoms with Gasteiger partial charge in [-0.1, -0.05) is 0 Å². The number of nitrogens with zero attached hydrogens (tertiary/aromatic N) is 1. The van der Waals surface area contributed by atoms with Crippen molar-refractivity contribution in [1.82, 2.24) is 4.90 Å². The standard InChI is InChI=1S/C13H21NOS/c1-10-7-8-16-13(10)9-14(2)11-3-5-12(15)6-4-11/h7-8,11-12,15H,3-6,9H2,1-2H3. The first kappa shape index (κ1) is 12.1. The Morgan fingerprint density at radius 1 is 1.38 bits per heavy atom. The zero-order chi connectivity index (χ0) is 11.5. The minimum atomic E-state index is -0.0480. The van der Waals surface area contributed by atoms with E-state index >= 15 is 0 Å². The lowest BCUT2D eigenvalue weighted by atomic mass is 9.92.